The van der Waals surface area contributed by atoms with E-state index in [0.717, 1.165) is 32.0 Å². The van der Waals surface area contributed by atoms with E-state index in [4.69, 9.17) is 15.2 Å². The lowest BCUT2D eigenvalue weighted by Gasteiger charge is -2.38. The minimum Gasteiger partial charge on any atom is -0.495 e. The highest BCUT2D eigenvalue weighted by Crippen LogP contribution is 2.29. The first kappa shape index (κ1) is 15.9. The number of anilines is 2. The largest absolute Gasteiger partial charge is 0.495 e. The first-order chi connectivity index (χ1) is 10.2. The van der Waals surface area contributed by atoms with Crippen LogP contribution in [0.1, 0.15) is 12.8 Å². The van der Waals surface area contributed by atoms with E-state index in [1.807, 2.05) is 12.1 Å². The molecule has 0 amide bonds. The van der Waals surface area contributed by atoms with Crippen molar-refractivity contribution in [2.45, 2.75) is 18.9 Å². The van der Waals surface area contributed by atoms with E-state index in [-0.39, 0.29) is 0 Å². The fourth-order valence-electron chi connectivity index (χ4n) is 2.88. The van der Waals surface area contributed by atoms with E-state index in [9.17, 15) is 0 Å². The van der Waals surface area contributed by atoms with Crippen molar-refractivity contribution in [2.75, 3.05) is 58.1 Å². The van der Waals surface area contributed by atoms with Crippen LogP contribution in [0.15, 0.2) is 18.2 Å². The van der Waals surface area contributed by atoms with Crippen LogP contribution in [0.5, 0.6) is 5.75 Å². The monoisotopic (exact) mass is 293 g/mol. The number of nitrogens with zero attached hydrogens (tertiary/aromatic N) is 2. The molecule has 0 saturated carbocycles. The molecular formula is C16H27N3O2. The quantitative estimate of drug-likeness (QED) is 0.811. The number of methoxy groups -OCH3 is 2. The molecule has 5 heteroatoms. The molecule has 1 fully saturated rings. The smallest absolute Gasteiger partial charge is 0.143 e. The van der Waals surface area contributed by atoms with Crippen LogP contribution in [0.3, 0.4) is 0 Å². The molecule has 5 nitrogen and oxygen atoms in total. The van der Waals surface area contributed by atoms with Gasteiger partial charge in [-0.25, -0.2) is 0 Å². The molecule has 1 heterocycles. The molecule has 0 aliphatic carbocycles. The summed E-state index contributed by atoms with van der Waals surface area (Å²) in [5.41, 5.74) is 7.76. The number of benzene rings is 1. The Morgan fingerprint density at radius 3 is 2.62 bits per heavy atom. The summed E-state index contributed by atoms with van der Waals surface area (Å²) in [6, 6.07) is 6.68. The van der Waals surface area contributed by atoms with Crippen molar-refractivity contribution >= 4 is 11.4 Å². The molecule has 0 unspecified atom stereocenters. The highest BCUT2D eigenvalue weighted by atomic mass is 16.5. The Bertz CT molecular complexity index is 445. The first-order valence-corrected chi connectivity index (χ1v) is 7.53. The van der Waals surface area contributed by atoms with Gasteiger partial charge in [0.05, 0.1) is 19.4 Å². The average molecular weight is 293 g/mol. The molecule has 2 N–H and O–H groups in total. The molecule has 1 aromatic carbocycles. The Labute approximate surface area is 127 Å². The van der Waals surface area contributed by atoms with Gasteiger partial charge in [-0.05, 0) is 32.0 Å². The maximum Gasteiger partial charge on any atom is 0.143 e. The molecule has 0 aromatic heterocycles. The lowest BCUT2D eigenvalue weighted by atomic mass is 10.0. The summed E-state index contributed by atoms with van der Waals surface area (Å²) in [6.07, 6.45) is 2.35. The van der Waals surface area contributed by atoms with Crippen LogP contribution < -0.4 is 15.4 Å². The van der Waals surface area contributed by atoms with E-state index in [1.165, 1.54) is 18.5 Å². The van der Waals surface area contributed by atoms with E-state index in [1.54, 1.807) is 14.2 Å². The van der Waals surface area contributed by atoms with Gasteiger partial charge in [-0.15, -0.1) is 0 Å². The van der Waals surface area contributed by atoms with Crippen molar-refractivity contribution in [1.29, 1.82) is 0 Å². The van der Waals surface area contributed by atoms with Crippen LogP contribution >= 0.6 is 0 Å². The Kier molecular flexibility index (Phi) is 5.70. The number of nitrogens with two attached hydrogens (primary N) is 1. The molecule has 2 rings (SSSR count). The molecule has 0 bridgehead atoms. The second-order valence-corrected chi connectivity index (χ2v) is 5.62. The third-order valence-electron chi connectivity index (χ3n) is 4.32. The lowest BCUT2D eigenvalue weighted by Crippen LogP contribution is -2.44. The Morgan fingerprint density at radius 1 is 1.29 bits per heavy atom. The summed E-state index contributed by atoms with van der Waals surface area (Å²) >= 11 is 0. The molecule has 21 heavy (non-hydrogen) atoms. The van der Waals surface area contributed by atoms with Crippen LogP contribution in [-0.2, 0) is 4.74 Å². The first-order valence-electron chi connectivity index (χ1n) is 7.53. The van der Waals surface area contributed by atoms with Crippen LogP contribution in [0.2, 0.25) is 0 Å². The fraction of sp³-hybridized carbons (Fsp3) is 0.625. The number of rotatable bonds is 6. The average Bonchev–Trinajstić information content (AvgIpc) is 2.53. The molecule has 1 aromatic rings. The predicted octanol–water partition coefficient (Wildman–Crippen LogP) is 1.82. The Balaban J connectivity index is 1.91. The van der Waals surface area contributed by atoms with Gasteiger partial charge in [-0.1, -0.05) is 0 Å². The van der Waals surface area contributed by atoms with Gasteiger partial charge in [0.25, 0.3) is 0 Å². The maximum atomic E-state index is 5.88. The van der Waals surface area contributed by atoms with E-state index in [0.29, 0.717) is 11.7 Å². The highest BCUT2D eigenvalue weighted by Gasteiger charge is 2.22. The van der Waals surface area contributed by atoms with Gasteiger partial charge in [0.1, 0.15) is 5.75 Å². The lowest BCUT2D eigenvalue weighted by molar-refractivity contribution is 0.128. The summed E-state index contributed by atoms with van der Waals surface area (Å²) in [7, 11) is 5.60. The summed E-state index contributed by atoms with van der Waals surface area (Å²) in [5, 5.41) is 0. The molecule has 1 saturated heterocycles. The third kappa shape index (κ3) is 4.02. The summed E-state index contributed by atoms with van der Waals surface area (Å²) in [5.74, 6) is 0.756. The molecule has 1 aliphatic heterocycles. The number of ether oxygens (including phenoxy) is 2. The minimum atomic E-state index is 0.645. The van der Waals surface area contributed by atoms with Gasteiger partial charge < -0.3 is 25.0 Å². The number of nitrogen functional groups attached to an aromatic ring is 1. The Morgan fingerprint density at radius 2 is 2.00 bits per heavy atom. The van der Waals surface area contributed by atoms with Crippen molar-refractivity contribution in [2.24, 2.45) is 0 Å². The zero-order valence-electron chi connectivity index (χ0n) is 13.3. The van der Waals surface area contributed by atoms with Crippen LogP contribution in [0, 0.1) is 0 Å². The van der Waals surface area contributed by atoms with E-state index >= 15 is 0 Å². The Hall–Kier alpha value is -1.46. The predicted molar refractivity (Wildman–Crippen MR) is 87.1 cm³/mol. The van der Waals surface area contributed by atoms with E-state index < -0.39 is 0 Å². The second kappa shape index (κ2) is 7.52. The molecular weight excluding hydrogens is 266 g/mol. The number of hydrogen-bond donors (Lipinski definition) is 1. The molecule has 1 aliphatic rings. The van der Waals surface area contributed by atoms with Crippen molar-refractivity contribution in [3.05, 3.63) is 18.2 Å². The minimum absolute atomic E-state index is 0.645. The summed E-state index contributed by atoms with van der Waals surface area (Å²) in [6.45, 7) is 3.92. The zero-order valence-corrected chi connectivity index (χ0v) is 13.3. The van der Waals surface area contributed by atoms with Gasteiger partial charge >= 0.3 is 0 Å². The van der Waals surface area contributed by atoms with Crippen molar-refractivity contribution in [3.8, 4) is 5.75 Å². The van der Waals surface area contributed by atoms with Gasteiger partial charge in [-0.3, -0.25) is 0 Å². The van der Waals surface area contributed by atoms with E-state index in [2.05, 4.69) is 22.9 Å². The van der Waals surface area contributed by atoms with Gasteiger partial charge in [0, 0.05) is 44.5 Å². The molecule has 0 spiro atoms. The topological polar surface area (TPSA) is 51.0 Å². The van der Waals surface area contributed by atoms with Crippen molar-refractivity contribution in [3.63, 3.8) is 0 Å². The standard InChI is InChI=1S/C16H27N3O2/c1-18(10-11-20-2)13-6-8-19(9-7-13)14-4-5-15(17)16(12-14)21-3/h4-5,12-13H,6-11,17H2,1-3H3. The van der Waals surface area contributed by atoms with Gasteiger partial charge in [0.15, 0.2) is 0 Å². The molecule has 0 radical (unpaired) electrons. The second-order valence-electron chi connectivity index (χ2n) is 5.62. The number of piperidine rings is 1. The molecule has 0 atom stereocenters. The fourth-order valence-corrected chi connectivity index (χ4v) is 2.88. The van der Waals surface area contributed by atoms with Gasteiger partial charge in [-0.2, -0.15) is 0 Å². The third-order valence-corrected chi connectivity index (χ3v) is 4.32. The summed E-state index contributed by atoms with van der Waals surface area (Å²) in [4.78, 5) is 4.81. The number of likely N-dealkylation sites (N-methyl/N-ethyl adjacent to an activating group) is 1. The normalized spacial score (nSPS) is 16.5. The van der Waals surface area contributed by atoms with Crippen LogP contribution in [-0.4, -0.2) is 58.5 Å². The number of hydrogen-bond acceptors (Lipinski definition) is 5. The highest BCUT2D eigenvalue weighted by molar-refractivity contribution is 5.62. The molecule has 118 valence electrons. The van der Waals surface area contributed by atoms with Crippen LogP contribution in [0.4, 0.5) is 11.4 Å². The van der Waals surface area contributed by atoms with Gasteiger partial charge in [0.2, 0.25) is 0 Å². The zero-order chi connectivity index (χ0) is 15.2. The van der Waals surface area contributed by atoms with Crippen molar-refractivity contribution < 1.29 is 9.47 Å². The van der Waals surface area contributed by atoms with Crippen LogP contribution in [0.25, 0.3) is 0 Å². The summed E-state index contributed by atoms with van der Waals surface area (Å²) < 4.78 is 10.5. The van der Waals surface area contributed by atoms with Crippen molar-refractivity contribution in [1.82, 2.24) is 4.90 Å². The SMILES string of the molecule is COCCN(C)C1CCN(c2ccc(N)c(OC)c2)CC1. The maximum absolute atomic E-state index is 5.88.